The van der Waals surface area contributed by atoms with E-state index in [1.54, 1.807) is 29.2 Å². The van der Waals surface area contributed by atoms with Crippen LogP contribution in [-0.4, -0.2) is 41.2 Å². The molecule has 1 heterocycles. The first-order valence-electron chi connectivity index (χ1n) is 10.1. The third kappa shape index (κ3) is 6.15. The Balaban J connectivity index is 1.50. The van der Waals surface area contributed by atoms with Crippen LogP contribution < -0.4 is 11.1 Å². The molecule has 1 fully saturated rings. The number of carbonyl (C=O) groups excluding carboxylic acids is 3. The third-order valence-electron chi connectivity index (χ3n) is 5.09. The minimum absolute atomic E-state index is 0.0525. The standard InChI is InChI=1S/C23H26N4O4/c1-16(28)27-13-5-8-20(27)22(29)25-14-17-9-11-19(12-10-17)21(24)26-23(30)31-15-18-6-3-2-4-7-18/h2-4,6-7,9-12,20H,5,8,13-15H2,1H3,(H,25,29)(H2,24,26,30)/t20-/m0/s1. The molecule has 3 rings (SSSR count). The largest absolute Gasteiger partial charge is 0.443 e. The maximum Gasteiger partial charge on any atom is 0.435 e. The Kier molecular flexibility index (Phi) is 7.37. The first kappa shape index (κ1) is 22.0. The van der Waals surface area contributed by atoms with Gasteiger partial charge in [-0.15, -0.1) is 0 Å². The van der Waals surface area contributed by atoms with E-state index in [2.05, 4.69) is 10.3 Å². The van der Waals surface area contributed by atoms with Crippen LogP contribution >= 0.6 is 0 Å². The summed E-state index contributed by atoms with van der Waals surface area (Å²) >= 11 is 0. The highest BCUT2D eigenvalue weighted by atomic mass is 16.5. The molecule has 1 aliphatic heterocycles. The van der Waals surface area contributed by atoms with Crippen LogP contribution in [0.2, 0.25) is 0 Å². The molecule has 3 amide bonds. The Morgan fingerprint density at radius 1 is 1.10 bits per heavy atom. The van der Waals surface area contributed by atoms with E-state index in [-0.39, 0.29) is 24.3 Å². The zero-order valence-electron chi connectivity index (χ0n) is 17.4. The number of ether oxygens (including phenoxy) is 1. The van der Waals surface area contributed by atoms with Gasteiger partial charge in [-0.05, 0) is 24.0 Å². The number of amides is 3. The predicted octanol–water partition coefficient (Wildman–Crippen LogP) is 2.36. The van der Waals surface area contributed by atoms with Crippen LogP contribution in [0.15, 0.2) is 59.6 Å². The average Bonchev–Trinajstić information content (AvgIpc) is 3.27. The number of amidine groups is 1. The first-order chi connectivity index (χ1) is 14.9. The van der Waals surface area contributed by atoms with Crippen molar-refractivity contribution < 1.29 is 19.1 Å². The SMILES string of the molecule is CC(=O)N1CCC[C@H]1C(=O)NCc1ccc(/C(N)=N/C(=O)OCc2ccccc2)cc1. The molecule has 2 aromatic rings. The lowest BCUT2D eigenvalue weighted by Crippen LogP contribution is -2.44. The van der Waals surface area contributed by atoms with Crippen molar-refractivity contribution in [2.45, 2.75) is 39.0 Å². The maximum atomic E-state index is 12.4. The second-order valence-electron chi connectivity index (χ2n) is 7.32. The summed E-state index contributed by atoms with van der Waals surface area (Å²) in [7, 11) is 0. The highest BCUT2D eigenvalue weighted by molar-refractivity contribution is 6.02. The number of nitrogens with one attached hydrogen (secondary N) is 1. The Hall–Kier alpha value is -3.68. The highest BCUT2D eigenvalue weighted by Crippen LogP contribution is 2.17. The van der Waals surface area contributed by atoms with Crippen molar-refractivity contribution in [2.75, 3.05) is 6.54 Å². The molecule has 0 spiro atoms. The van der Waals surface area contributed by atoms with Crippen molar-refractivity contribution in [3.8, 4) is 0 Å². The summed E-state index contributed by atoms with van der Waals surface area (Å²) in [4.78, 5) is 41.3. The topological polar surface area (TPSA) is 114 Å². The number of carbonyl (C=O) groups is 3. The molecule has 0 bridgehead atoms. The van der Waals surface area contributed by atoms with Crippen molar-refractivity contribution in [3.63, 3.8) is 0 Å². The zero-order valence-corrected chi connectivity index (χ0v) is 17.4. The van der Waals surface area contributed by atoms with Crippen LogP contribution in [-0.2, 0) is 27.5 Å². The second kappa shape index (κ2) is 10.4. The molecule has 0 aromatic heterocycles. The molecule has 1 saturated heterocycles. The lowest BCUT2D eigenvalue weighted by atomic mass is 10.1. The number of aliphatic imine (C=N–C) groups is 1. The van der Waals surface area contributed by atoms with Gasteiger partial charge in [-0.2, -0.15) is 4.99 Å². The third-order valence-corrected chi connectivity index (χ3v) is 5.09. The molecular weight excluding hydrogens is 396 g/mol. The lowest BCUT2D eigenvalue weighted by molar-refractivity contribution is -0.136. The fourth-order valence-electron chi connectivity index (χ4n) is 3.43. The first-order valence-corrected chi connectivity index (χ1v) is 10.1. The monoisotopic (exact) mass is 422 g/mol. The molecule has 162 valence electrons. The number of rotatable bonds is 6. The van der Waals surface area contributed by atoms with Gasteiger partial charge < -0.3 is 20.7 Å². The van der Waals surface area contributed by atoms with Gasteiger partial charge in [-0.3, -0.25) is 9.59 Å². The Labute approximate surface area is 181 Å². The van der Waals surface area contributed by atoms with Gasteiger partial charge in [0.15, 0.2) is 0 Å². The van der Waals surface area contributed by atoms with Crippen LogP contribution in [0.1, 0.15) is 36.5 Å². The van der Waals surface area contributed by atoms with Crippen molar-refractivity contribution >= 4 is 23.7 Å². The zero-order chi connectivity index (χ0) is 22.2. The summed E-state index contributed by atoms with van der Waals surface area (Å²) in [5.74, 6) is -0.185. The minimum atomic E-state index is -0.760. The number of nitrogens with two attached hydrogens (primary N) is 1. The smallest absolute Gasteiger partial charge is 0.435 e. The van der Waals surface area contributed by atoms with Crippen molar-refractivity contribution in [2.24, 2.45) is 10.7 Å². The fraction of sp³-hybridized carbons (Fsp3) is 0.304. The van der Waals surface area contributed by atoms with Crippen LogP contribution in [0.4, 0.5) is 4.79 Å². The highest BCUT2D eigenvalue weighted by Gasteiger charge is 2.31. The molecule has 1 aliphatic rings. The molecule has 0 unspecified atom stereocenters. The van der Waals surface area contributed by atoms with Crippen LogP contribution in [0.25, 0.3) is 0 Å². The van der Waals surface area contributed by atoms with E-state index in [1.165, 1.54) is 6.92 Å². The maximum absolute atomic E-state index is 12.4. The number of hydrogen-bond donors (Lipinski definition) is 2. The summed E-state index contributed by atoms with van der Waals surface area (Å²) < 4.78 is 5.10. The van der Waals surface area contributed by atoms with Gasteiger partial charge in [-0.25, -0.2) is 4.79 Å². The molecular formula is C23H26N4O4. The van der Waals surface area contributed by atoms with E-state index in [0.29, 0.717) is 25.1 Å². The van der Waals surface area contributed by atoms with Gasteiger partial charge in [0.2, 0.25) is 11.8 Å². The average molecular weight is 422 g/mol. The Bertz CT molecular complexity index is 957. The molecule has 0 saturated carbocycles. The van der Waals surface area contributed by atoms with Crippen LogP contribution in [0.5, 0.6) is 0 Å². The number of benzene rings is 2. The number of hydrogen-bond acceptors (Lipinski definition) is 4. The Morgan fingerprint density at radius 2 is 1.81 bits per heavy atom. The molecule has 3 N–H and O–H groups in total. The molecule has 8 heteroatoms. The van der Waals surface area contributed by atoms with Gasteiger partial charge in [0, 0.05) is 25.6 Å². The van der Waals surface area contributed by atoms with Gasteiger partial charge in [0.05, 0.1) is 0 Å². The molecule has 0 aliphatic carbocycles. The van der Waals surface area contributed by atoms with Crippen LogP contribution in [0.3, 0.4) is 0 Å². The normalized spacial score (nSPS) is 16.1. The van der Waals surface area contributed by atoms with E-state index in [4.69, 9.17) is 10.5 Å². The number of likely N-dealkylation sites (tertiary alicyclic amines) is 1. The quantitative estimate of drug-likeness (QED) is 0.548. The summed E-state index contributed by atoms with van der Waals surface area (Å²) in [6.45, 7) is 2.55. The fourth-order valence-corrected chi connectivity index (χ4v) is 3.43. The summed E-state index contributed by atoms with van der Waals surface area (Å²) in [5.41, 5.74) is 8.21. The van der Waals surface area contributed by atoms with E-state index in [1.807, 2.05) is 30.3 Å². The number of nitrogens with zero attached hydrogens (tertiary/aromatic N) is 2. The summed E-state index contributed by atoms with van der Waals surface area (Å²) in [6, 6.07) is 15.9. The van der Waals surface area contributed by atoms with Gasteiger partial charge >= 0.3 is 6.09 Å². The van der Waals surface area contributed by atoms with Crippen molar-refractivity contribution in [1.82, 2.24) is 10.2 Å². The molecule has 8 nitrogen and oxygen atoms in total. The minimum Gasteiger partial charge on any atom is -0.443 e. The Morgan fingerprint density at radius 3 is 2.48 bits per heavy atom. The van der Waals surface area contributed by atoms with Gasteiger partial charge in [-0.1, -0.05) is 54.6 Å². The van der Waals surface area contributed by atoms with E-state index < -0.39 is 12.1 Å². The van der Waals surface area contributed by atoms with E-state index in [9.17, 15) is 14.4 Å². The van der Waals surface area contributed by atoms with Crippen molar-refractivity contribution in [1.29, 1.82) is 0 Å². The van der Waals surface area contributed by atoms with Crippen molar-refractivity contribution in [3.05, 3.63) is 71.3 Å². The summed E-state index contributed by atoms with van der Waals surface area (Å²) in [6.07, 6.45) is 0.750. The predicted molar refractivity (Wildman–Crippen MR) is 116 cm³/mol. The van der Waals surface area contributed by atoms with Gasteiger partial charge in [0.25, 0.3) is 0 Å². The van der Waals surface area contributed by atoms with E-state index in [0.717, 1.165) is 17.5 Å². The molecule has 2 aromatic carbocycles. The second-order valence-corrected chi connectivity index (χ2v) is 7.32. The molecule has 0 radical (unpaired) electrons. The van der Waals surface area contributed by atoms with Crippen LogP contribution in [0, 0.1) is 0 Å². The van der Waals surface area contributed by atoms with E-state index >= 15 is 0 Å². The van der Waals surface area contributed by atoms with Gasteiger partial charge in [0.1, 0.15) is 18.5 Å². The molecule has 1 atom stereocenters. The molecule has 31 heavy (non-hydrogen) atoms. The summed E-state index contributed by atoms with van der Waals surface area (Å²) in [5, 5.41) is 2.87. The lowest BCUT2D eigenvalue weighted by Gasteiger charge is -2.22.